The molecule has 1 saturated heterocycles. The molecule has 34 heavy (non-hydrogen) atoms. The van der Waals surface area contributed by atoms with Gasteiger partial charge in [0.05, 0.1) is 18.4 Å². The van der Waals surface area contributed by atoms with E-state index in [9.17, 15) is 22.0 Å². The number of rotatable bonds is 8. The number of amides is 1. The average molecular weight is 513 g/mol. The van der Waals surface area contributed by atoms with E-state index in [1.165, 1.54) is 24.3 Å². The lowest BCUT2D eigenvalue weighted by atomic mass is 9.98. The number of benzene rings is 2. The Kier molecular flexibility index (Phi) is 7.45. The highest BCUT2D eigenvalue weighted by molar-refractivity contribution is 7.89. The first-order valence-corrected chi connectivity index (χ1v) is 13.5. The summed E-state index contributed by atoms with van der Waals surface area (Å²) >= 11 is 6.18. The second-order valence-electron chi connectivity index (χ2n) is 9.14. The number of sulfonamides is 1. The maximum Gasteiger partial charge on any atom is 0.267 e. The van der Waals surface area contributed by atoms with Crippen LogP contribution in [-0.2, 0) is 16.6 Å². The van der Waals surface area contributed by atoms with Crippen LogP contribution in [0.15, 0.2) is 30.3 Å². The van der Waals surface area contributed by atoms with Gasteiger partial charge >= 0.3 is 0 Å². The molecule has 184 valence electrons. The van der Waals surface area contributed by atoms with Gasteiger partial charge < -0.3 is 4.74 Å². The molecule has 4 rings (SSSR count). The topological polar surface area (TPSA) is 75.7 Å². The van der Waals surface area contributed by atoms with E-state index in [1.54, 1.807) is 6.07 Å². The Balaban J connectivity index is 1.42. The third-order valence-corrected chi connectivity index (χ3v) is 7.03. The van der Waals surface area contributed by atoms with Crippen LogP contribution in [0, 0.1) is 17.6 Å². The van der Waals surface area contributed by atoms with Crippen LogP contribution in [0.4, 0.5) is 8.78 Å². The minimum Gasteiger partial charge on any atom is -0.493 e. The number of carbonyl (C=O) groups excluding carboxylic acids is 1. The van der Waals surface area contributed by atoms with Crippen LogP contribution in [0.3, 0.4) is 0 Å². The molecule has 1 aliphatic carbocycles. The molecule has 1 N–H and O–H groups in total. The SMILES string of the molecule is CS(=O)(=O)NC(=O)c1cc(C2CC2)c(OC[C@H]2CCCN(Cc3ccc(F)cc3Cl)C2)cc1F. The molecule has 0 unspecified atom stereocenters. The quantitative estimate of drug-likeness (QED) is 0.564. The number of halogens is 3. The number of piperidine rings is 1. The van der Waals surface area contributed by atoms with E-state index in [1.807, 2.05) is 4.72 Å². The Hall–Kier alpha value is -2.23. The summed E-state index contributed by atoms with van der Waals surface area (Å²) in [6.45, 7) is 2.67. The average Bonchev–Trinajstić information content (AvgIpc) is 3.58. The molecule has 1 amide bonds. The summed E-state index contributed by atoms with van der Waals surface area (Å²) < 4.78 is 58.6. The molecule has 6 nitrogen and oxygen atoms in total. The number of hydrogen-bond donors (Lipinski definition) is 1. The van der Waals surface area contributed by atoms with Crippen molar-refractivity contribution in [2.24, 2.45) is 5.92 Å². The number of ether oxygens (including phenoxy) is 1. The zero-order valence-electron chi connectivity index (χ0n) is 18.8. The first-order chi connectivity index (χ1) is 16.1. The number of carbonyl (C=O) groups is 1. The van der Waals surface area contributed by atoms with Crippen molar-refractivity contribution in [2.75, 3.05) is 26.0 Å². The first kappa shape index (κ1) is 24.9. The van der Waals surface area contributed by atoms with E-state index in [-0.39, 0.29) is 23.2 Å². The Labute approximate surface area is 203 Å². The van der Waals surface area contributed by atoms with Crippen LogP contribution in [0.2, 0.25) is 5.02 Å². The fraction of sp³-hybridized carbons (Fsp3) is 0.458. The van der Waals surface area contributed by atoms with Gasteiger partial charge in [-0.15, -0.1) is 0 Å². The molecule has 0 spiro atoms. The van der Waals surface area contributed by atoms with E-state index in [0.717, 1.165) is 56.2 Å². The molecule has 1 saturated carbocycles. The smallest absolute Gasteiger partial charge is 0.267 e. The lowest BCUT2D eigenvalue weighted by molar-refractivity contribution is 0.0977. The molecule has 0 bridgehead atoms. The number of nitrogens with zero attached hydrogens (tertiary/aromatic N) is 1. The predicted octanol–water partition coefficient (Wildman–Crippen LogP) is 4.48. The Morgan fingerprint density at radius 1 is 1.21 bits per heavy atom. The third kappa shape index (κ3) is 6.46. The van der Waals surface area contributed by atoms with Crippen LogP contribution in [0.1, 0.15) is 53.1 Å². The molecule has 1 aliphatic heterocycles. The van der Waals surface area contributed by atoms with Crippen molar-refractivity contribution in [3.8, 4) is 5.75 Å². The zero-order valence-corrected chi connectivity index (χ0v) is 20.4. The third-order valence-electron chi connectivity index (χ3n) is 6.13. The van der Waals surface area contributed by atoms with Crippen LogP contribution in [0.25, 0.3) is 0 Å². The van der Waals surface area contributed by atoms with Crippen molar-refractivity contribution in [3.05, 3.63) is 63.7 Å². The number of hydrogen-bond acceptors (Lipinski definition) is 5. The summed E-state index contributed by atoms with van der Waals surface area (Å²) in [6.07, 6.45) is 4.60. The van der Waals surface area contributed by atoms with Gasteiger partial charge in [-0.1, -0.05) is 17.7 Å². The highest BCUT2D eigenvalue weighted by Gasteiger charge is 2.30. The van der Waals surface area contributed by atoms with Gasteiger partial charge in [0.15, 0.2) is 0 Å². The van der Waals surface area contributed by atoms with Gasteiger partial charge in [-0.05, 0) is 67.5 Å². The largest absolute Gasteiger partial charge is 0.493 e. The minimum absolute atomic E-state index is 0.170. The molecule has 0 radical (unpaired) electrons. The summed E-state index contributed by atoms with van der Waals surface area (Å²) in [7, 11) is -3.80. The maximum absolute atomic E-state index is 14.7. The molecule has 0 aromatic heterocycles. The van der Waals surface area contributed by atoms with E-state index in [4.69, 9.17) is 16.3 Å². The molecule has 1 heterocycles. The van der Waals surface area contributed by atoms with Crippen molar-refractivity contribution >= 4 is 27.5 Å². The zero-order chi connectivity index (χ0) is 24.5. The molecule has 2 aromatic rings. The molecule has 2 fully saturated rings. The van der Waals surface area contributed by atoms with Crippen LogP contribution >= 0.6 is 11.6 Å². The van der Waals surface area contributed by atoms with Gasteiger partial charge in [0, 0.05) is 30.1 Å². The Morgan fingerprint density at radius 2 is 1.97 bits per heavy atom. The monoisotopic (exact) mass is 512 g/mol. The molecule has 2 aliphatic rings. The van der Waals surface area contributed by atoms with Crippen molar-refractivity contribution in [1.29, 1.82) is 0 Å². The summed E-state index contributed by atoms with van der Waals surface area (Å²) in [5.41, 5.74) is 1.29. The van der Waals surface area contributed by atoms with Crippen LogP contribution in [0.5, 0.6) is 5.75 Å². The second-order valence-corrected chi connectivity index (χ2v) is 11.3. The Morgan fingerprint density at radius 3 is 2.65 bits per heavy atom. The second kappa shape index (κ2) is 10.2. The fourth-order valence-corrected chi connectivity index (χ4v) is 5.01. The number of nitrogens with one attached hydrogen (secondary N) is 1. The molecule has 10 heteroatoms. The van der Waals surface area contributed by atoms with Crippen LogP contribution < -0.4 is 9.46 Å². The lowest BCUT2D eigenvalue weighted by Gasteiger charge is -2.33. The van der Waals surface area contributed by atoms with Crippen molar-refractivity contribution in [2.45, 2.75) is 38.1 Å². The van der Waals surface area contributed by atoms with E-state index >= 15 is 0 Å². The molecule has 1 atom stereocenters. The first-order valence-electron chi connectivity index (χ1n) is 11.2. The summed E-state index contributed by atoms with van der Waals surface area (Å²) in [6, 6.07) is 7.01. The van der Waals surface area contributed by atoms with E-state index in [0.29, 0.717) is 23.9 Å². The highest BCUT2D eigenvalue weighted by Crippen LogP contribution is 2.45. The van der Waals surface area contributed by atoms with Crippen molar-refractivity contribution in [3.63, 3.8) is 0 Å². The van der Waals surface area contributed by atoms with Gasteiger partial charge in [0.2, 0.25) is 10.0 Å². The van der Waals surface area contributed by atoms with Crippen molar-refractivity contribution < 1.29 is 26.7 Å². The van der Waals surface area contributed by atoms with Gasteiger partial charge in [0.1, 0.15) is 17.4 Å². The van der Waals surface area contributed by atoms with E-state index < -0.39 is 21.7 Å². The van der Waals surface area contributed by atoms with E-state index in [2.05, 4.69) is 4.90 Å². The molecular weight excluding hydrogens is 486 g/mol. The minimum atomic E-state index is -3.80. The van der Waals surface area contributed by atoms with Crippen LogP contribution in [-0.4, -0.2) is 45.2 Å². The van der Waals surface area contributed by atoms with Gasteiger partial charge in [-0.3, -0.25) is 9.69 Å². The summed E-state index contributed by atoms with van der Waals surface area (Å²) in [4.78, 5) is 14.5. The molecular formula is C24H27ClF2N2O4S. The van der Waals surface area contributed by atoms with Crippen molar-refractivity contribution in [1.82, 2.24) is 9.62 Å². The van der Waals surface area contributed by atoms with Gasteiger partial charge in [0.25, 0.3) is 5.91 Å². The highest BCUT2D eigenvalue weighted by atomic mass is 35.5. The maximum atomic E-state index is 14.7. The fourth-order valence-electron chi connectivity index (χ4n) is 4.34. The predicted molar refractivity (Wildman–Crippen MR) is 126 cm³/mol. The molecule has 2 aromatic carbocycles. The normalized spacial score (nSPS) is 19.1. The Bertz CT molecular complexity index is 1190. The summed E-state index contributed by atoms with van der Waals surface area (Å²) in [5.74, 6) is -1.39. The summed E-state index contributed by atoms with van der Waals surface area (Å²) in [5, 5.41) is 0.405. The lowest BCUT2D eigenvalue weighted by Crippen LogP contribution is -2.37. The number of likely N-dealkylation sites (tertiary alicyclic amines) is 1. The standard InChI is InChI=1S/C24H27ClF2N2O4S/c1-34(31,32)28-24(30)20-10-19(16-4-5-16)23(11-22(20)27)33-14-15-3-2-8-29(12-15)13-17-6-7-18(26)9-21(17)25/h6-7,9-11,15-16H,2-5,8,12-14H2,1H3,(H,28,30)/t15-/m0/s1. The van der Waals surface area contributed by atoms with Gasteiger partial charge in [-0.25, -0.2) is 21.9 Å². The van der Waals surface area contributed by atoms with Gasteiger partial charge in [-0.2, -0.15) is 0 Å².